The molecule has 4 atom stereocenters. The Labute approximate surface area is 202 Å². The van der Waals surface area contributed by atoms with Gasteiger partial charge in [-0.1, -0.05) is 109 Å². The zero-order valence-corrected chi connectivity index (χ0v) is 22.9. The second-order valence-corrected chi connectivity index (χ2v) is 16.5. The van der Waals surface area contributed by atoms with Crippen LogP contribution < -0.4 is 10.4 Å². The summed E-state index contributed by atoms with van der Waals surface area (Å²) in [5, 5.41) is 2.52. The van der Waals surface area contributed by atoms with E-state index in [1.54, 1.807) is 0 Å². The summed E-state index contributed by atoms with van der Waals surface area (Å²) in [6.45, 7) is 19.2. The Morgan fingerprint density at radius 2 is 1.36 bits per heavy atom. The standard InChI is InChI=1S/C29H42O3Si/c1-21-24-25(30-9)29(32-21,28(7,8)27(24,5)6)20-31-33(26(2,3)4,22-16-12-10-13-17-22)23-18-14-11-15-19-23/h10-19,21,24-25H,20H2,1-9H3/t21-,24-,25-,29+/m0/s1. The van der Waals surface area contributed by atoms with Crippen LogP contribution in [0.2, 0.25) is 5.04 Å². The quantitative estimate of drug-likeness (QED) is 0.532. The third-order valence-electron chi connectivity index (χ3n) is 9.36. The first kappa shape index (κ1) is 24.7. The molecular weight excluding hydrogens is 424 g/mol. The van der Waals surface area contributed by atoms with Crippen molar-refractivity contribution >= 4 is 18.7 Å². The van der Waals surface area contributed by atoms with Crippen LogP contribution in [0.4, 0.5) is 0 Å². The lowest BCUT2D eigenvalue weighted by Crippen LogP contribution is -2.69. The van der Waals surface area contributed by atoms with Gasteiger partial charge in [-0.25, -0.2) is 0 Å². The SMILES string of the molecule is CO[C@H]1[C@@H]2[C@H](C)O[C@@]1(CO[Si](c1ccccc1)(c1ccccc1)C(C)(C)C)C(C)(C)C2(C)C. The lowest BCUT2D eigenvalue weighted by atomic mass is 9.61. The summed E-state index contributed by atoms with van der Waals surface area (Å²) in [6.07, 6.45) is 0.149. The smallest absolute Gasteiger partial charge is 0.261 e. The summed E-state index contributed by atoms with van der Waals surface area (Å²) in [5.74, 6) is 0.334. The molecule has 0 unspecified atom stereocenters. The van der Waals surface area contributed by atoms with Gasteiger partial charge in [-0.3, -0.25) is 0 Å². The maximum Gasteiger partial charge on any atom is 0.261 e. The van der Waals surface area contributed by atoms with Gasteiger partial charge in [0.05, 0.1) is 18.8 Å². The van der Waals surface area contributed by atoms with Crippen molar-refractivity contribution in [2.24, 2.45) is 16.7 Å². The zero-order valence-electron chi connectivity index (χ0n) is 21.9. The first-order valence-corrected chi connectivity index (χ1v) is 14.2. The Balaban J connectivity index is 1.87. The van der Waals surface area contributed by atoms with E-state index < -0.39 is 13.9 Å². The summed E-state index contributed by atoms with van der Waals surface area (Å²) < 4.78 is 20.5. The predicted molar refractivity (Wildman–Crippen MR) is 139 cm³/mol. The highest BCUT2D eigenvalue weighted by Gasteiger charge is 2.76. The Morgan fingerprint density at radius 1 is 0.879 bits per heavy atom. The van der Waals surface area contributed by atoms with E-state index in [0.717, 1.165) is 0 Å². The summed E-state index contributed by atoms with van der Waals surface area (Å²) in [6, 6.07) is 21.7. The molecule has 1 heterocycles. The van der Waals surface area contributed by atoms with E-state index in [-0.39, 0.29) is 28.1 Å². The van der Waals surface area contributed by atoms with E-state index in [1.807, 2.05) is 7.11 Å². The average molecular weight is 467 g/mol. The molecule has 1 saturated heterocycles. The number of rotatable bonds is 6. The van der Waals surface area contributed by atoms with Crippen molar-refractivity contribution in [1.82, 2.24) is 0 Å². The highest BCUT2D eigenvalue weighted by molar-refractivity contribution is 6.99. The van der Waals surface area contributed by atoms with Crippen LogP contribution in [0.3, 0.4) is 0 Å². The van der Waals surface area contributed by atoms with Gasteiger partial charge in [0, 0.05) is 18.4 Å². The van der Waals surface area contributed by atoms with Gasteiger partial charge in [-0.15, -0.1) is 0 Å². The molecule has 2 aromatic rings. The fraction of sp³-hybridized carbons (Fsp3) is 0.586. The van der Waals surface area contributed by atoms with Crippen LogP contribution in [0.5, 0.6) is 0 Å². The molecule has 180 valence electrons. The first-order chi connectivity index (χ1) is 15.4. The van der Waals surface area contributed by atoms with Crippen molar-refractivity contribution in [2.45, 2.75) is 78.2 Å². The van der Waals surface area contributed by atoms with Crippen molar-refractivity contribution in [3.05, 3.63) is 60.7 Å². The van der Waals surface area contributed by atoms with Gasteiger partial charge in [0.15, 0.2) is 0 Å². The molecule has 0 spiro atoms. The Hall–Kier alpha value is -1.46. The molecule has 0 N–H and O–H groups in total. The molecular formula is C29H42O3Si. The minimum absolute atomic E-state index is 0.00992. The van der Waals surface area contributed by atoms with E-state index in [4.69, 9.17) is 13.9 Å². The highest BCUT2D eigenvalue weighted by atomic mass is 28.4. The molecule has 3 nitrogen and oxygen atoms in total. The second kappa shape index (κ2) is 8.05. The van der Waals surface area contributed by atoms with Gasteiger partial charge in [0.2, 0.25) is 0 Å². The zero-order chi connectivity index (χ0) is 24.3. The van der Waals surface area contributed by atoms with E-state index in [0.29, 0.717) is 12.5 Å². The normalized spacial score (nSPS) is 30.5. The number of ether oxygens (including phenoxy) is 2. The van der Waals surface area contributed by atoms with Crippen LogP contribution in [0.25, 0.3) is 0 Å². The lowest BCUT2D eigenvalue weighted by Gasteiger charge is -2.54. The molecule has 2 aliphatic rings. The average Bonchev–Trinajstić information content (AvgIpc) is 3.13. The fourth-order valence-electron chi connectivity index (χ4n) is 7.05. The van der Waals surface area contributed by atoms with Gasteiger partial charge in [-0.05, 0) is 27.8 Å². The van der Waals surface area contributed by atoms with Crippen LogP contribution in [0.1, 0.15) is 55.4 Å². The molecule has 2 fully saturated rings. The van der Waals surface area contributed by atoms with Gasteiger partial charge >= 0.3 is 0 Å². The van der Waals surface area contributed by atoms with Gasteiger partial charge in [0.1, 0.15) is 5.60 Å². The van der Waals surface area contributed by atoms with Crippen molar-refractivity contribution < 1.29 is 13.9 Å². The largest absolute Gasteiger partial charge is 0.404 e. The number of benzene rings is 2. The van der Waals surface area contributed by atoms with E-state index >= 15 is 0 Å². The van der Waals surface area contributed by atoms with Crippen molar-refractivity contribution in [2.75, 3.05) is 13.7 Å². The fourth-order valence-corrected chi connectivity index (χ4v) is 11.6. The number of methoxy groups -OCH3 is 1. The molecule has 0 amide bonds. The molecule has 2 aromatic carbocycles. The van der Waals surface area contributed by atoms with Crippen LogP contribution in [0, 0.1) is 16.7 Å². The second-order valence-electron chi connectivity index (χ2n) is 12.2. The van der Waals surface area contributed by atoms with Crippen LogP contribution in [-0.4, -0.2) is 39.8 Å². The molecule has 4 heteroatoms. The van der Waals surface area contributed by atoms with Gasteiger partial charge < -0.3 is 13.9 Å². The Bertz CT molecular complexity index is 924. The van der Waals surface area contributed by atoms with Crippen LogP contribution in [0.15, 0.2) is 60.7 Å². The minimum Gasteiger partial charge on any atom is -0.404 e. The molecule has 1 aliphatic heterocycles. The summed E-state index contributed by atoms with van der Waals surface area (Å²) in [4.78, 5) is 0. The first-order valence-electron chi connectivity index (χ1n) is 12.3. The molecule has 0 radical (unpaired) electrons. The third kappa shape index (κ3) is 3.25. The van der Waals surface area contributed by atoms with Crippen LogP contribution >= 0.6 is 0 Å². The van der Waals surface area contributed by atoms with Crippen molar-refractivity contribution in [1.29, 1.82) is 0 Å². The van der Waals surface area contributed by atoms with E-state index in [2.05, 4.69) is 116 Å². The molecule has 1 saturated carbocycles. The van der Waals surface area contributed by atoms with Gasteiger partial charge in [0.25, 0.3) is 8.32 Å². The van der Waals surface area contributed by atoms with Crippen molar-refractivity contribution in [3.8, 4) is 0 Å². The third-order valence-corrected chi connectivity index (χ3v) is 14.3. The van der Waals surface area contributed by atoms with E-state index in [1.165, 1.54) is 10.4 Å². The summed E-state index contributed by atoms with van der Waals surface area (Å²) in [7, 11) is -0.829. The molecule has 2 bridgehead atoms. The summed E-state index contributed by atoms with van der Waals surface area (Å²) in [5.41, 5.74) is -0.536. The van der Waals surface area contributed by atoms with E-state index in [9.17, 15) is 0 Å². The molecule has 0 aromatic heterocycles. The molecule has 33 heavy (non-hydrogen) atoms. The molecule has 4 rings (SSSR count). The molecule has 1 aliphatic carbocycles. The Morgan fingerprint density at radius 3 is 1.79 bits per heavy atom. The monoisotopic (exact) mass is 466 g/mol. The maximum absolute atomic E-state index is 7.41. The van der Waals surface area contributed by atoms with Gasteiger partial charge in [-0.2, -0.15) is 0 Å². The number of hydrogen-bond donors (Lipinski definition) is 0. The maximum atomic E-state index is 7.41. The number of fused-ring (bicyclic) bond motifs is 2. The van der Waals surface area contributed by atoms with Crippen LogP contribution in [-0.2, 0) is 13.9 Å². The minimum atomic E-state index is -2.67. The van der Waals surface area contributed by atoms with Crippen molar-refractivity contribution in [3.63, 3.8) is 0 Å². The Kier molecular flexibility index (Phi) is 6.01. The number of hydrogen-bond acceptors (Lipinski definition) is 3. The summed E-state index contributed by atoms with van der Waals surface area (Å²) >= 11 is 0. The predicted octanol–water partition coefficient (Wildman–Crippen LogP) is 5.42. The topological polar surface area (TPSA) is 27.7 Å². The lowest BCUT2D eigenvalue weighted by molar-refractivity contribution is -0.208. The highest BCUT2D eigenvalue weighted by Crippen LogP contribution is 2.69.